The van der Waals surface area contributed by atoms with Gasteiger partial charge in [-0.05, 0) is 12.8 Å². The van der Waals surface area contributed by atoms with E-state index >= 15 is 0 Å². The SMILES string of the molecule is O=S(=O)(Nc1cc(F)cc(F)c1O)N1CCCC1. The summed E-state index contributed by atoms with van der Waals surface area (Å²) in [5.41, 5.74) is -0.501. The maximum Gasteiger partial charge on any atom is 0.301 e. The highest BCUT2D eigenvalue weighted by Crippen LogP contribution is 2.29. The molecule has 8 heteroatoms. The molecule has 1 aliphatic rings. The van der Waals surface area contributed by atoms with Crippen LogP contribution in [0.15, 0.2) is 12.1 Å². The Morgan fingerprint density at radius 2 is 1.83 bits per heavy atom. The number of anilines is 1. The van der Waals surface area contributed by atoms with Crippen molar-refractivity contribution >= 4 is 15.9 Å². The second-order valence-electron chi connectivity index (χ2n) is 4.00. The van der Waals surface area contributed by atoms with E-state index in [1.807, 2.05) is 4.72 Å². The van der Waals surface area contributed by atoms with Gasteiger partial charge in [0, 0.05) is 25.2 Å². The largest absolute Gasteiger partial charge is 0.503 e. The summed E-state index contributed by atoms with van der Waals surface area (Å²) in [4.78, 5) is 0. The van der Waals surface area contributed by atoms with E-state index in [2.05, 4.69) is 0 Å². The molecule has 1 heterocycles. The van der Waals surface area contributed by atoms with Crippen molar-refractivity contribution in [2.24, 2.45) is 0 Å². The zero-order valence-corrected chi connectivity index (χ0v) is 10.2. The minimum atomic E-state index is -3.88. The van der Waals surface area contributed by atoms with Gasteiger partial charge in [-0.15, -0.1) is 0 Å². The average molecular weight is 278 g/mol. The van der Waals surface area contributed by atoms with Crippen LogP contribution in [-0.4, -0.2) is 30.9 Å². The molecule has 1 aromatic carbocycles. The molecule has 0 aliphatic carbocycles. The molecule has 0 spiro atoms. The van der Waals surface area contributed by atoms with Crippen LogP contribution in [-0.2, 0) is 10.2 Å². The molecule has 0 amide bonds. The molecule has 0 aromatic heterocycles. The van der Waals surface area contributed by atoms with E-state index < -0.39 is 33.3 Å². The van der Waals surface area contributed by atoms with Crippen LogP contribution in [0.1, 0.15) is 12.8 Å². The molecule has 100 valence electrons. The van der Waals surface area contributed by atoms with Gasteiger partial charge in [0.2, 0.25) is 0 Å². The van der Waals surface area contributed by atoms with Crippen molar-refractivity contribution in [3.63, 3.8) is 0 Å². The quantitative estimate of drug-likeness (QED) is 0.822. The van der Waals surface area contributed by atoms with E-state index in [0.717, 1.165) is 23.2 Å². The molecular weight excluding hydrogens is 266 g/mol. The molecule has 5 nitrogen and oxygen atoms in total. The van der Waals surface area contributed by atoms with Gasteiger partial charge in [0.15, 0.2) is 11.6 Å². The predicted octanol–water partition coefficient (Wildman–Crippen LogP) is 1.42. The summed E-state index contributed by atoms with van der Waals surface area (Å²) in [6, 6.07) is 1.20. The van der Waals surface area contributed by atoms with Crippen molar-refractivity contribution < 1.29 is 22.3 Å². The van der Waals surface area contributed by atoms with E-state index in [0.29, 0.717) is 19.2 Å². The van der Waals surface area contributed by atoms with Gasteiger partial charge in [-0.3, -0.25) is 4.72 Å². The molecule has 0 atom stereocenters. The lowest BCUT2D eigenvalue weighted by atomic mass is 10.3. The van der Waals surface area contributed by atoms with Crippen molar-refractivity contribution in [3.8, 4) is 5.75 Å². The number of nitrogens with one attached hydrogen (secondary N) is 1. The molecule has 0 radical (unpaired) electrons. The van der Waals surface area contributed by atoms with E-state index in [-0.39, 0.29) is 0 Å². The minimum absolute atomic E-state index is 0.355. The number of hydrogen-bond acceptors (Lipinski definition) is 3. The Morgan fingerprint density at radius 3 is 2.44 bits per heavy atom. The zero-order valence-electron chi connectivity index (χ0n) is 9.36. The smallest absolute Gasteiger partial charge is 0.301 e. The first-order chi connectivity index (χ1) is 8.40. The summed E-state index contributed by atoms with van der Waals surface area (Å²) in [7, 11) is -3.88. The Hall–Kier alpha value is -1.41. The number of benzene rings is 1. The Kier molecular flexibility index (Phi) is 3.40. The second kappa shape index (κ2) is 4.69. The third-order valence-electron chi connectivity index (χ3n) is 2.67. The van der Waals surface area contributed by atoms with Crippen LogP contribution in [0.4, 0.5) is 14.5 Å². The second-order valence-corrected chi connectivity index (χ2v) is 5.67. The van der Waals surface area contributed by atoms with Crippen LogP contribution >= 0.6 is 0 Å². The number of aromatic hydroxyl groups is 1. The maximum absolute atomic E-state index is 13.1. The lowest BCUT2D eigenvalue weighted by Crippen LogP contribution is -2.33. The molecule has 0 bridgehead atoms. The number of hydrogen-bond donors (Lipinski definition) is 2. The van der Waals surface area contributed by atoms with Crippen molar-refractivity contribution in [2.45, 2.75) is 12.8 Å². The first-order valence-corrected chi connectivity index (χ1v) is 6.80. The number of phenols is 1. The van der Waals surface area contributed by atoms with Gasteiger partial charge in [-0.1, -0.05) is 0 Å². The summed E-state index contributed by atoms with van der Waals surface area (Å²) >= 11 is 0. The van der Waals surface area contributed by atoms with E-state index in [1.165, 1.54) is 0 Å². The Labute approximate surface area is 103 Å². The van der Waals surface area contributed by atoms with Crippen LogP contribution in [0, 0.1) is 11.6 Å². The van der Waals surface area contributed by atoms with Crippen molar-refractivity contribution in [1.82, 2.24) is 4.31 Å². The summed E-state index contributed by atoms with van der Waals surface area (Å²) in [5, 5.41) is 9.34. The zero-order chi connectivity index (χ0) is 13.3. The molecule has 0 unspecified atom stereocenters. The Balaban J connectivity index is 2.28. The summed E-state index contributed by atoms with van der Waals surface area (Å²) in [5.74, 6) is -3.10. The number of rotatable bonds is 3. The van der Waals surface area contributed by atoms with Gasteiger partial charge < -0.3 is 5.11 Å². The van der Waals surface area contributed by atoms with Crippen LogP contribution in [0.5, 0.6) is 5.75 Å². The third kappa shape index (κ3) is 2.54. The monoisotopic (exact) mass is 278 g/mol. The topological polar surface area (TPSA) is 69.6 Å². The van der Waals surface area contributed by atoms with Crippen LogP contribution < -0.4 is 4.72 Å². The van der Waals surface area contributed by atoms with E-state index in [9.17, 15) is 22.3 Å². The maximum atomic E-state index is 13.1. The van der Waals surface area contributed by atoms with Crippen molar-refractivity contribution in [3.05, 3.63) is 23.8 Å². The van der Waals surface area contributed by atoms with Crippen molar-refractivity contribution in [2.75, 3.05) is 17.8 Å². The molecule has 2 N–H and O–H groups in total. The van der Waals surface area contributed by atoms with Crippen LogP contribution in [0.25, 0.3) is 0 Å². The van der Waals surface area contributed by atoms with Crippen molar-refractivity contribution in [1.29, 1.82) is 0 Å². The van der Waals surface area contributed by atoms with Gasteiger partial charge >= 0.3 is 10.2 Å². The average Bonchev–Trinajstić information content (AvgIpc) is 2.78. The molecule has 0 saturated carbocycles. The summed E-state index contributed by atoms with van der Waals surface area (Å²) in [6.07, 6.45) is 1.48. The lowest BCUT2D eigenvalue weighted by Gasteiger charge is -2.17. The molecule has 1 fully saturated rings. The Bertz CT molecular complexity index is 556. The van der Waals surface area contributed by atoms with Gasteiger partial charge in [0.1, 0.15) is 5.82 Å². The predicted molar refractivity (Wildman–Crippen MR) is 61.4 cm³/mol. The molecule has 1 saturated heterocycles. The van der Waals surface area contributed by atoms with E-state index in [1.54, 1.807) is 0 Å². The number of nitrogens with zero attached hydrogens (tertiary/aromatic N) is 1. The molecule has 18 heavy (non-hydrogen) atoms. The highest BCUT2D eigenvalue weighted by molar-refractivity contribution is 7.90. The van der Waals surface area contributed by atoms with Gasteiger partial charge in [0.25, 0.3) is 0 Å². The third-order valence-corrected chi connectivity index (χ3v) is 4.19. The van der Waals surface area contributed by atoms with Gasteiger partial charge in [0.05, 0.1) is 5.69 Å². The normalized spacial score (nSPS) is 17.0. The fourth-order valence-corrected chi connectivity index (χ4v) is 3.08. The highest BCUT2D eigenvalue weighted by Gasteiger charge is 2.26. The van der Waals surface area contributed by atoms with Crippen LogP contribution in [0.3, 0.4) is 0 Å². The van der Waals surface area contributed by atoms with Gasteiger partial charge in [-0.25, -0.2) is 8.78 Å². The molecule has 1 aromatic rings. The molecule has 1 aliphatic heterocycles. The highest BCUT2D eigenvalue weighted by atomic mass is 32.2. The lowest BCUT2D eigenvalue weighted by molar-refractivity contribution is 0.430. The number of halogens is 2. The Morgan fingerprint density at radius 1 is 1.22 bits per heavy atom. The van der Waals surface area contributed by atoms with Crippen LogP contribution in [0.2, 0.25) is 0 Å². The van der Waals surface area contributed by atoms with E-state index in [4.69, 9.17) is 0 Å². The fourth-order valence-electron chi connectivity index (χ4n) is 1.78. The molecular formula is C10H12F2N2O3S. The molecule has 2 rings (SSSR count). The van der Waals surface area contributed by atoms with Gasteiger partial charge in [-0.2, -0.15) is 12.7 Å². The number of phenolic OH excluding ortho intramolecular Hbond substituents is 1. The summed E-state index contributed by atoms with van der Waals surface area (Å²) in [6.45, 7) is 0.710. The first kappa shape index (κ1) is 13.0. The first-order valence-electron chi connectivity index (χ1n) is 5.36. The fraction of sp³-hybridized carbons (Fsp3) is 0.400. The summed E-state index contributed by atoms with van der Waals surface area (Å²) < 4.78 is 52.8. The minimum Gasteiger partial charge on any atom is -0.503 e. The standard InChI is InChI=1S/C10H12F2N2O3S/c11-7-5-8(12)10(15)9(6-7)13-18(16,17)14-3-1-2-4-14/h5-6,13,15H,1-4H2.